The SMILES string of the molecule is CN1C[C@]2(C)CCC(O)[C@]3(C1)[C@@H]2C(O)C[C@@]12CC[C@@H](C[C@H]13)[C@@](O)(CO)C2O. The molecular formula is C21H35NO5. The van der Waals surface area contributed by atoms with Gasteiger partial charge in [-0.2, -0.15) is 0 Å². The summed E-state index contributed by atoms with van der Waals surface area (Å²) in [6, 6.07) is 0. The van der Waals surface area contributed by atoms with Gasteiger partial charge in [-0.3, -0.25) is 0 Å². The van der Waals surface area contributed by atoms with Crippen molar-refractivity contribution in [1.29, 1.82) is 0 Å². The molecule has 1 heterocycles. The van der Waals surface area contributed by atoms with Crippen molar-refractivity contribution in [2.45, 2.75) is 69.4 Å². The van der Waals surface area contributed by atoms with Gasteiger partial charge in [0, 0.05) is 29.8 Å². The first-order valence-corrected chi connectivity index (χ1v) is 10.7. The first kappa shape index (κ1) is 18.8. The molecule has 4 bridgehead atoms. The van der Waals surface area contributed by atoms with Gasteiger partial charge in [-0.05, 0) is 62.8 Å². The van der Waals surface area contributed by atoms with Gasteiger partial charge in [0.1, 0.15) is 5.60 Å². The van der Waals surface area contributed by atoms with Crippen molar-refractivity contribution < 1.29 is 25.5 Å². The second-order valence-corrected chi connectivity index (χ2v) is 11.1. The van der Waals surface area contributed by atoms with Crippen molar-refractivity contribution in [2.24, 2.45) is 34.0 Å². The third kappa shape index (κ3) is 1.98. The number of fused-ring (bicyclic) bond motifs is 2. The number of aliphatic hydroxyl groups excluding tert-OH is 4. The highest BCUT2D eigenvalue weighted by Gasteiger charge is 2.76. The van der Waals surface area contributed by atoms with Crippen LogP contribution in [0.3, 0.4) is 0 Å². The third-order valence-electron chi connectivity index (χ3n) is 9.89. The second kappa shape index (κ2) is 5.46. The van der Waals surface area contributed by atoms with Crippen molar-refractivity contribution >= 4 is 0 Å². The molecule has 5 saturated carbocycles. The predicted octanol–water partition coefficient (Wildman–Crippen LogP) is -0.0394. The fourth-order valence-corrected chi connectivity index (χ4v) is 9.24. The molecule has 6 nitrogen and oxygen atoms in total. The Kier molecular flexibility index (Phi) is 3.80. The molecule has 0 aromatic heterocycles. The van der Waals surface area contributed by atoms with Crippen LogP contribution in [0.4, 0.5) is 0 Å². The molecule has 154 valence electrons. The number of nitrogens with zero attached hydrogens (tertiary/aromatic N) is 1. The predicted molar refractivity (Wildman–Crippen MR) is 98.7 cm³/mol. The van der Waals surface area contributed by atoms with E-state index in [4.69, 9.17) is 0 Å². The van der Waals surface area contributed by atoms with Crippen LogP contribution in [0.2, 0.25) is 0 Å². The summed E-state index contributed by atoms with van der Waals surface area (Å²) in [4.78, 5) is 2.30. The van der Waals surface area contributed by atoms with E-state index in [0.29, 0.717) is 6.42 Å². The van der Waals surface area contributed by atoms with E-state index >= 15 is 0 Å². The molecular weight excluding hydrogens is 346 g/mol. The fraction of sp³-hybridized carbons (Fsp3) is 1.00. The molecule has 1 saturated heterocycles. The Morgan fingerprint density at radius 1 is 1.07 bits per heavy atom. The quantitative estimate of drug-likeness (QED) is 0.437. The van der Waals surface area contributed by atoms with Crippen LogP contribution in [-0.2, 0) is 0 Å². The van der Waals surface area contributed by atoms with E-state index in [2.05, 4.69) is 18.9 Å². The van der Waals surface area contributed by atoms with Crippen LogP contribution in [0.5, 0.6) is 0 Å². The maximum absolute atomic E-state index is 11.4. The van der Waals surface area contributed by atoms with Crippen molar-refractivity contribution in [2.75, 3.05) is 26.7 Å². The average Bonchev–Trinajstić information content (AvgIpc) is 2.61. The molecule has 0 aromatic carbocycles. The van der Waals surface area contributed by atoms with Crippen LogP contribution in [0.25, 0.3) is 0 Å². The van der Waals surface area contributed by atoms with E-state index in [0.717, 1.165) is 45.2 Å². The van der Waals surface area contributed by atoms with Gasteiger partial charge in [0.2, 0.25) is 0 Å². The molecule has 6 heteroatoms. The maximum atomic E-state index is 11.4. The zero-order valence-electron chi connectivity index (χ0n) is 16.5. The lowest BCUT2D eigenvalue weighted by Gasteiger charge is -2.75. The molecule has 5 aliphatic carbocycles. The van der Waals surface area contributed by atoms with E-state index < -0.39 is 41.3 Å². The number of hydrogen-bond donors (Lipinski definition) is 5. The van der Waals surface area contributed by atoms with E-state index in [1.807, 2.05) is 0 Å². The van der Waals surface area contributed by atoms with E-state index in [9.17, 15) is 25.5 Å². The largest absolute Gasteiger partial charge is 0.393 e. The molecule has 6 aliphatic rings. The van der Waals surface area contributed by atoms with Gasteiger partial charge in [-0.15, -0.1) is 0 Å². The Bertz CT molecular complexity index is 646. The lowest BCUT2D eigenvalue weighted by atomic mass is 9.32. The summed E-state index contributed by atoms with van der Waals surface area (Å²) in [5.41, 5.74) is -2.60. The summed E-state index contributed by atoms with van der Waals surface area (Å²) in [7, 11) is 2.10. The summed E-state index contributed by atoms with van der Waals surface area (Å²) in [6.45, 7) is 3.47. The number of aliphatic hydroxyl groups is 5. The summed E-state index contributed by atoms with van der Waals surface area (Å²) in [5, 5.41) is 55.1. The minimum absolute atomic E-state index is 0.0225. The van der Waals surface area contributed by atoms with Crippen molar-refractivity contribution in [1.82, 2.24) is 4.90 Å². The summed E-state index contributed by atoms with van der Waals surface area (Å²) < 4.78 is 0. The Morgan fingerprint density at radius 3 is 2.52 bits per heavy atom. The van der Waals surface area contributed by atoms with Gasteiger partial charge < -0.3 is 30.4 Å². The average molecular weight is 382 g/mol. The number of piperidine rings is 1. The van der Waals surface area contributed by atoms with Gasteiger partial charge in [0.05, 0.1) is 24.9 Å². The minimum atomic E-state index is -1.48. The Balaban J connectivity index is 1.68. The molecule has 1 spiro atoms. The summed E-state index contributed by atoms with van der Waals surface area (Å²) >= 11 is 0. The van der Waals surface area contributed by atoms with E-state index in [1.54, 1.807) is 0 Å². The van der Waals surface area contributed by atoms with Gasteiger partial charge in [0.15, 0.2) is 0 Å². The standard InChI is InChI=1S/C21H35NO5/c1-18-5-4-15(25)20(10-22(2)9-18)14-7-12-3-6-19(14,8-13(24)16(18)20)17(26)21(12,27)11-23/h12-17,23-27H,3-11H2,1-2H3/t12-,13?,14+,15?,16+,17?,18-,19-,20+,21-/m0/s1. The highest BCUT2D eigenvalue weighted by Crippen LogP contribution is 2.73. The first-order valence-electron chi connectivity index (χ1n) is 10.7. The Hall–Kier alpha value is -0.240. The zero-order valence-corrected chi connectivity index (χ0v) is 16.5. The molecule has 0 radical (unpaired) electrons. The van der Waals surface area contributed by atoms with Gasteiger partial charge in [-0.1, -0.05) is 6.92 Å². The molecule has 0 amide bonds. The summed E-state index contributed by atoms with van der Waals surface area (Å²) in [6.07, 6.45) is 2.21. The van der Waals surface area contributed by atoms with Crippen LogP contribution >= 0.6 is 0 Å². The monoisotopic (exact) mass is 381 g/mol. The zero-order chi connectivity index (χ0) is 19.4. The van der Waals surface area contributed by atoms with E-state index in [-0.39, 0.29) is 23.2 Å². The highest BCUT2D eigenvalue weighted by atomic mass is 16.4. The van der Waals surface area contributed by atoms with Crippen LogP contribution in [0.15, 0.2) is 0 Å². The minimum Gasteiger partial charge on any atom is -0.393 e. The van der Waals surface area contributed by atoms with Crippen molar-refractivity contribution in [3.8, 4) is 0 Å². The van der Waals surface area contributed by atoms with Crippen molar-refractivity contribution in [3.63, 3.8) is 0 Å². The summed E-state index contributed by atoms with van der Waals surface area (Å²) in [5.74, 6) is -0.0621. The lowest BCUT2D eigenvalue weighted by molar-refractivity contribution is -0.343. The van der Waals surface area contributed by atoms with Crippen LogP contribution < -0.4 is 0 Å². The smallest absolute Gasteiger partial charge is 0.117 e. The normalized spacial score (nSPS) is 62.8. The second-order valence-electron chi connectivity index (χ2n) is 11.1. The van der Waals surface area contributed by atoms with Crippen LogP contribution in [0, 0.1) is 34.0 Å². The molecule has 6 rings (SSSR count). The Morgan fingerprint density at radius 2 is 1.81 bits per heavy atom. The third-order valence-corrected chi connectivity index (χ3v) is 9.89. The molecule has 1 aliphatic heterocycles. The highest BCUT2D eigenvalue weighted by molar-refractivity contribution is 5.25. The molecule has 5 N–H and O–H groups in total. The van der Waals surface area contributed by atoms with E-state index in [1.165, 1.54) is 0 Å². The maximum Gasteiger partial charge on any atom is 0.117 e. The Labute approximate surface area is 161 Å². The topological polar surface area (TPSA) is 104 Å². The van der Waals surface area contributed by atoms with Crippen molar-refractivity contribution in [3.05, 3.63) is 0 Å². The van der Waals surface area contributed by atoms with Gasteiger partial charge >= 0.3 is 0 Å². The lowest BCUT2D eigenvalue weighted by Crippen LogP contribution is -2.80. The van der Waals surface area contributed by atoms with Crippen LogP contribution in [0.1, 0.15) is 45.4 Å². The molecule has 27 heavy (non-hydrogen) atoms. The van der Waals surface area contributed by atoms with Gasteiger partial charge in [-0.25, -0.2) is 0 Å². The molecule has 3 unspecified atom stereocenters. The molecule has 6 fully saturated rings. The van der Waals surface area contributed by atoms with Gasteiger partial charge in [0.25, 0.3) is 0 Å². The molecule has 10 atom stereocenters. The number of hydrogen-bond acceptors (Lipinski definition) is 6. The number of likely N-dealkylation sites (tertiary alicyclic amines) is 1. The first-order chi connectivity index (χ1) is 12.6. The molecule has 0 aromatic rings. The van der Waals surface area contributed by atoms with Crippen LogP contribution in [-0.4, -0.2) is 81.1 Å². The fourth-order valence-electron chi connectivity index (χ4n) is 9.24. The number of rotatable bonds is 1.